The van der Waals surface area contributed by atoms with Crippen LogP contribution in [0.15, 0.2) is 36.4 Å². The fourth-order valence-electron chi connectivity index (χ4n) is 2.46. The molecule has 3 rings (SSSR count). The molecule has 2 aromatic heterocycles. The molecule has 0 unspecified atom stereocenters. The van der Waals surface area contributed by atoms with Crippen molar-refractivity contribution in [1.82, 2.24) is 30.2 Å². The maximum Gasteiger partial charge on any atom is 0.200 e. The van der Waals surface area contributed by atoms with Crippen LogP contribution in [0.5, 0.6) is 5.75 Å². The summed E-state index contributed by atoms with van der Waals surface area (Å²) in [4.78, 5) is 2.14. The zero-order valence-electron chi connectivity index (χ0n) is 13.3. The normalized spacial score (nSPS) is 12.5. The number of para-hydroxylation sites is 1. The van der Waals surface area contributed by atoms with E-state index >= 15 is 0 Å². The molecule has 1 N–H and O–H groups in total. The summed E-state index contributed by atoms with van der Waals surface area (Å²) >= 11 is 0. The Kier molecular flexibility index (Phi) is 4.33. The zero-order chi connectivity index (χ0) is 16.2. The SMILES string of the molecule is COc1ccccc1[C@H](CNc1ccc2nnnn2n1)N(C)C. The number of likely N-dealkylation sites (N-methyl/N-ethyl adjacent to an activating group) is 1. The zero-order valence-corrected chi connectivity index (χ0v) is 13.3. The van der Waals surface area contributed by atoms with E-state index in [1.54, 1.807) is 7.11 Å². The summed E-state index contributed by atoms with van der Waals surface area (Å²) in [5, 5.41) is 18.9. The Labute approximate surface area is 134 Å². The van der Waals surface area contributed by atoms with E-state index in [2.05, 4.69) is 36.9 Å². The van der Waals surface area contributed by atoms with Gasteiger partial charge in [0, 0.05) is 12.1 Å². The van der Waals surface area contributed by atoms with E-state index in [1.807, 2.05) is 44.4 Å². The molecule has 120 valence electrons. The predicted octanol–water partition coefficient (Wildman–Crippen LogP) is 1.24. The first kappa shape index (κ1) is 15.2. The van der Waals surface area contributed by atoms with E-state index in [0.29, 0.717) is 18.0 Å². The number of tetrazole rings is 1. The number of benzene rings is 1. The summed E-state index contributed by atoms with van der Waals surface area (Å²) in [6.07, 6.45) is 0. The van der Waals surface area contributed by atoms with Crippen LogP contribution < -0.4 is 10.1 Å². The fourth-order valence-corrected chi connectivity index (χ4v) is 2.46. The highest BCUT2D eigenvalue weighted by atomic mass is 16.5. The van der Waals surface area contributed by atoms with Gasteiger partial charge in [0.25, 0.3) is 0 Å². The lowest BCUT2D eigenvalue weighted by Gasteiger charge is -2.26. The standard InChI is InChI=1S/C15H19N7O/c1-21(2)12(11-6-4-5-7-13(11)23-3)10-16-14-8-9-15-17-19-20-22(15)18-14/h4-9,12H,10H2,1-3H3,(H,16,18)/t12-/m0/s1. The first-order chi connectivity index (χ1) is 11.2. The van der Waals surface area contributed by atoms with Crippen LogP contribution in [0.1, 0.15) is 11.6 Å². The highest BCUT2D eigenvalue weighted by molar-refractivity contribution is 5.43. The van der Waals surface area contributed by atoms with Gasteiger partial charge in [-0.15, -0.1) is 14.8 Å². The molecular formula is C15H19N7O. The minimum atomic E-state index is 0.137. The van der Waals surface area contributed by atoms with Crippen LogP contribution in [0.2, 0.25) is 0 Å². The molecule has 0 saturated heterocycles. The number of fused-ring (bicyclic) bond motifs is 1. The molecule has 2 heterocycles. The Morgan fingerprint density at radius 3 is 2.83 bits per heavy atom. The maximum atomic E-state index is 5.48. The number of hydrogen-bond donors (Lipinski definition) is 1. The Morgan fingerprint density at radius 2 is 2.04 bits per heavy atom. The van der Waals surface area contributed by atoms with E-state index in [4.69, 9.17) is 4.74 Å². The molecule has 0 aliphatic rings. The predicted molar refractivity (Wildman–Crippen MR) is 86.5 cm³/mol. The van der Waals surface area contributed by atoms with E-state index in [9.17, 15) is 0 Å². The topological polar surface area (TPSA) is 80.5 Å². The summed E-state index contributed by atoms with van der Waals surface area (Å²) in [7, 11) is 5.76. The summed E-state index contributed by atoms with van der Waals surface area (Å²) < 4.78 is 6.87. The van der Waals surface area contributed by atoms with Crippen molar-refractivity contribution in [1.29, 1.82) is 0 Å². The Morgan fingerprint density at radius 1 is 1.22 bits per heavy atom. The van der Waals surface area contributed by atoms with Gasteiger partial charge in [0.15, 0.2) is 5.65 Å². The van der Waals surface area contributed by atoms with Gasteiger partial charge in [0.05, 0.1) is 13.2 Å². The molecule has 0 aliphatic carbocycles. The van der Waals surface area contributed by atoms with Gasteiger partial charge < -0.3 is 15.0 Å². The van der Waals surface area contributed by atoms with Crippen LogP contribution in [0.4, 0.5) is 5.82 Å². The average molecular weight is 313 g/mol. The minimum absolute atomic E-state index is 0.137. The number of nitrogens with zero attached hydrogens (tertiary/aromatic N) is 6. The van der Waals surface area contributed by atoms with Gasteiger partial charge in [0.2, 0.25) is 0 Å². The summed E-state index contributed by atoms with van der Waals surface area (Å²) in [5.41, 5.74) is 1.74. The molecule has 8 heteroatoms. The Hall–Kier alpha value is -2.74. The Bertz CT molecular complexity index is 786. The molecule has 0 saturated carbocycles. The number of anilines is 1. The van der Waals surface area contributed by atoms with Gasteiger partial charge in [-0.05, 0) is 42.7 Å². The van der Waals surface area contributed by atoms with Crippen LogP contribution in [0.25, 0.3) is 5.65 Å². The van der Waals surface area contributed by atoms with Crippen molar-refractivity contribution in [3.8, 4) is 5.75 Å². The van der Waals surface area contributed by atoms with Gasteiger partial charge in [-0.25, -0.2) is 0 Å². The lowest BCUT2D eigenvalue weighted by atomic mass is 10.0. The van der Waals surface area contributed by atoms with E-state index < -0.39 is 0 Å². The monoisotopic (exact) mass is 313 g/mol. The van der Waals surface area contributed by atoms with Crippen LogP contribution in [-0.4, -0.2) is 57.9 Å². The quantitative estimate of drug-likeness (QED) is 0.733. The van der Waals surface area contributed by atoms with Crippen LogP contribution in [-0.2, 0) is 0 Å². The number of aromatic nitrogens is 5. The number of rotatable bonds is 6. The van der Waals surface area contributed by atoms with Crippen molar-refractivity contribution >= 4 is 11.5 Å². The third-order valence-electron chi connectivity index (χ3n) is 3.67. The first-order valence-corrected chi connectivity index (χ1v) is 7.27. The second-order valence-electron chi connectivity index (χ2n) is 5.35. The van der Waals surface area contributed by atoms with E-state index in [1.165, 1.54) is 4.63 Å². The van der Waals surface area contributed by atoms with Gasteiger partial charge in [-0.2, -0.15) is 0 Å². The highest BCUT2D eigenvalue weighted by Crippen LogP contribution is 2.28. The number of hydrogen-bond acceptors (Lipinski definition) is 7. The second kappa shape index (κ2) is 6.57. The summed E-state index contributed by atoms with van der Waals surface area (Å²) in [6.45, 7) is 0.675. The van der Waals surface area contributed by atoms with Gasteiger partial charge in [0.1, 0.15) is 11.6 Å². The lowest BCUT2D eigenvalue weighted by Crippen LogP contribution is -2.27. The van der Waals surface area contributed by atoms with Crippen molar-refractivity contribution in [2.75, 3.05) is 33.1 Å². The van der Waals surface area contributed by atoms with E-state index in [0.717, 1.165) is 11.3 Å². The molecule has 3 aromatic rings. The molecule has 23 heavy (non-hydrogen) atoms. The van der Waals surface area contributed by atoms with Crippen LogP contribution >= 0.6 is 0 Å². The Balaban J connectivity index is 1.79. The molecule has 0 fully saturated rings. The summed E-state index contributed by atoms with van der Waals surface area (Å²) in [6, 6.07) is 11.8. The molecule has 0 bridgehead atoms. The van der Waals surface area contributed by atoms with Gasteiger partial charge >= 0.3 is 0 Å². The number of methoxy groups -OCH3 is 1. The third kappa shape index (κ3) is 3.21. The average Bonchev–Trinajstić information content (AvgIpc) is 3.03. The van der Waals surface area contributed by atoms with E-state index in [-0.39, 0.29) is 6.04 Å². The second-order valence-corrected chi connectivity index (χ2v) is 5.35. The van der Waals surface area contributed by atoms with Crippen molar-refractivity contribution < 1.29 is 4.74 Å². The fraction of sp³-hybridized carbons (Fsp3) is 0.333. The van der Waals surface area contributed by atoms with Crippen molar-refractivity contribution in [2.24, 2.45) is 0 Å². The molecular weight excluding hydrogens is 294 g/mol. The maximum absolute atomic E-state index is 5.48. The largest absolute Gasteiger partial charge is 0.496 e. The van der Waals surface area contributed by atoms with Crippen LogP contribution in [0, 0.1) is 0 Å². The van der Waals surface area contributed by atoms with Gasteiger partial charge in [-0.1, -0.05) is 18.2 Å². The summed E-state index contributed by atoms with van der Waals surface area (Å²) in [5.74, 6) is 1.59. The smallest absolute Gasteiger partial charge is 0.200 e. The number of nitrogens with one attached hydrogen (secondary N) is 1. The molecule has 1 atom stereocenters. The molecule has 0 spiro atoms. The van der Waals surface area contributed by atoms with Crippen molar-refractivity contribution in [3.63, 3.8) is 0 Å². The minimum Gasteiger partial charge on any atom is -0.496 e. The molecule has 0 radical (unpaired) electrons. The molecule has 0 amide bonds. The molecule has 0 aliphatic heterocycles. The first-order valence-electron chi connectivity index (χ1n) is 7.27. The van der Waals surface area contributed by atoms with Crippen LogP contribution in [0.3, 0.4) is 0 Å². The van der Waals surface area contributed by atoms with Crippen molar-refractivity contribution in [3.05, 3.63) is 42.0 Å². The number of ether oxygens (including phenoxy) is 1. The molecule has 8 nitrogen and oxygen atoms in total. The third-order valence-corrected chi connectivity index (χ3v) is 3.67. The van der Waals surface area contributed by atoms with Crippen molar-refractivity contribution in [2.45, 2.75) is 6.04 Å². The molecule has 1 aromatic carbocycles. The van der Waals surface area contributed by atoms with Gasteiger partial charge in [-0.3, -0.25) is 0 Å². The highest BCUT2D eigenvalue weighted by Gasteiger charge is 2.18. The lowest BCUT2D eigenvalue weighted by molar-refractivity contribution is 0.300.